The van der Waals surface area contributed by atoms with E-state index >= 15 is 0 Å². The summed E-state index contributed by atoms with van der Waals surface area (Å²) < 4.78 is 14.9. The highest BCUT2D eigenvalue weighted by Crippen LogP contribution is 2.20. The van der Waals surface area contributed by atoms with Gasteiger partial charge in [-0.25, -0.2) is 9.37 Å². The highest BCUT2D eigenvalue weighted by atomic mass is 79.9. The molecule has 3 nitrogen and oxygen atoms in total. The van der Waals surface area contributed by atoms with E-state index in [-0.39, 0.29) is 5.82 Å². The van der Waals surface area contributed by atoms with Gasteiger partial charge in [0.2, 0.25) is 0 Å². The normalized spacial score (nSPS) is 10.8. The lowest BCUT2D eigenvalue weighted by Gasteiger charge is -1.97. The summed E-state index contributed by atoms with van der Waals surface area (Å²) in [5, 5.41) is 0. The second-order valence-corrected chi connectivity index (χ2v) is 3.24. The van der Waals surface area contributed by atoms with Gasteiger partial charge < -0.3 is 5.73 Å². The first-order valence-corrected chi connectivity index (χ1v) is 4.05. The van der Waals surface area contributed by atoms with Gasteiger partial charge in [-0.2, -0.15) is 0 Å². The van der Waals surface area contributed by atoms with Gasteiger partial charge in [0.25, 0.3) is 0 Å². The van der Waals surface area contributed by atoms with Gasteiger partial charge in [0, 0.05) is 6.20 Å². The van der Waals surface area contributed by atoms with Crippen molar-refractivity contribution >= 4 is 27.4 Å². The lowest BCUT2D eigenvalue weighted by molar-refractivity contribution is 0.618. The van der Waals surface area contributed by atoms with E-state index in [1.54, 1.807) is 0 Å². The van der Waals surface area contributed by atoms with Gasteiger partial charge in [0.15, 0.2) is 5.65 Å². The van der Waals surface area contributed by atoms with Crippen molar-refractivity contribution < 1.29 is 4.39 Å². The minimum Gasteiger partial charge on any atom is -0.383 e. The fourth-order valence-electron chi connectivity index (χ4n) is 1.03. The topological polar surface area (TPSA) is 43.3 Å². The standard InChI is InChI=1S/C7H5BrFN3/c8-5-1-4(9)3-12-6(10)2-11-7(5)12/h1-3H,10H2. The first kappa shape index (κ1) is 7.54. The number of halogens is 2. The predicted octanol–water partition coefficient (Wildman–Crippen LogP) is 1.82. The van der Waals surface area contributed by atoms with Crippen molar-refractivity contribution in [1.29, 1.82) is 0 Å². The quantitative estimate of drug-likeness (QED) is 0.749. The second kappa shape index (κ2) is 2.45. The number of anilines is 1. The van der Waals surface area contributed by atoms with Crippen LogP contribution in [0.5, 0.6) is 0 Å². The number of fused-ring (bicyclic) bond motifs is 1. The summed E-state index contributed by atoms with van der Waals surface area (Å²) >= 11 is 3.18. The van der Waals surface area contributed by atoms with Crippen LogP contribution < -0.4 is 5.73 Å². The Morgan fingerprint density at radius 2 is 2.33 bits per heavy atom. The number of nitrogens with zero attached hydrogens (tertiary/aromatic N) is 2. The van der Waals surface area contributed by atoms with E-state index in [4.69, 9.17) is 5.73 Å². The molecule has 0 amide bonds. The maximum absolute atomic E-state index is 12.8. The third kappa shape index (κ3) is 0.972. The van der Waals surface area contributed by atoms with E-state index in [0.29, 0.717) is 15.9 Å². The first-order chi connectivity index (χ1) is 5.68. The van der Waals surface area contributed by atoms with Crippen molar-refractivity contribution in [3.05, 3.63) is 28.7 Å². The van der Waals surface area contributed by atoms with Crippen LogP contribution in [0.2, 0.25) is 0 Å². The zero-order chi connectivity index (χ0) is 8.72. The minimum atomic E-state index is -0.348. The van der Waals surface area contributed by atoms with Crippen LogP contribution in [0, 0.1) is 5.82 Å². The number of nitrogen functional groups attached to an aromatic ring is 1. The molecule has 5 heteroatoms. The van der Waals surface area contributed by atoms with Crippen LogP contribution in [0.4, 0.5) is 10.2 Å². The molecule has 0 atom stereocenters. The van der Waals surface area contributed by atoms with Gasteiger partial charge in [-0.05, 0) is 22.0 Å². The lowest BCUT2D eigenvalue weighted by atomic mass is 10.4. The van der Waals surface area contributed by atoms with Crippen LogP contribution in [-0.4, -0.2) is 9.38 Å². The number of pyridine rings is 1. The van der Waals surface area contributed by atoms with Gasteiger partial charge in [0.05, 0.1) is 10.7 Å². The number of aromatic nitrogens is 2. The summed E-state index contributed by atoms with van der Waals surface area (Å²) in [6, 6.07) is 1.35. The molecule has 2 aromatic rings. The van der Waals surface area contributed by atoms with E-state index in [9.17, 15) is 4.39 Å². The van der Waals surface area contributed by atoms with Crippen molar-refractivity contribution in [2.75, 3.05) is 5.73 Å². The summed E-state index contributed by atoms with van der Waals surface area (Å²) in [5.41, 5.74) is 6.15. The van der Waals surface area contributed by atoms with E-state index in [1.807, 2.05) is 0 Å². The summed E-state index contributed by atoms with van der Waals surface area (Å²) in [5.74, 6) is 0.0734. The SMILES string of the molecule is Nc1cnc2c(Br)cc(F)cn12. The molecule has 12 heavy (non-hydrogen) atoms. The molecule has 0 spiro atoms. The van der Waals surface area contributed by atoms with E-state index in [2.05, 4.69) is 20.9 Å². The Labute approximate surface area is 76.1 Å². The Morgan fingerprint density at radius 1 is 1.58 bits per heavy atom. The van der Waals surface area contributed by atoms with Crippen LogP contribution >= 0.6 is 15.9 Å². The monoisotopic (exact) mass is 229 g/mol. The van der Waals surface area contributed by atoms with E-state index < -0.39 is 0 Å². The Balaban J connectivity index is 2.92. The van der Waals surface area contributed by atoms with Gasteiger partial charge in [-0.3, -0.25) is 4.40 Å². The molecule has 0 bridgehead atoms. The average Bonchev–Trinajstić information content (AvgIpc) is 2.33. The predicted molar refractivity (Wildman–Crippen MR) is 47.3 cm³/mol. The number of hydrogen-bond donors (Lipinski definition) is 1. The number of nitrogens with two attached hydrogens (primary N) is 1. The molecule has 0 saturated heterocycles. The number of hydrogen-bond acceptors (Lipinski definition) is 2. The summed E-state index contributed by atoms with van der Waals surface area (Å²) in [6.07, 6.45) is 2.78. The second-order valence-electron chi connectivity index (χ2n) is 2.38. The van der Waals surface area contributed by atoms with Crippen molar-refractivity contribution in [3.63, 3.8) is 0 Å². The lowest BCUT2D eigenvalue weighted by Crippen LogP contribution is -1.93. The average molecular weight is 230 g/mol. The fraction of sp³-hybridized carbons (Fsp3) is 0. The Hall–Kier alpha value is -1.10. The molecule has 2 N–H and O–H groups in total. The van der Waals surface area contributed by atoms with Gasteiger partial charge in [-0.1, -0.05) is 0 Å². The van der Waals surface area contributed by atoms with Crippen molar-refractivity contribution in [3.8, 4) is 0 Å². The smallest absolute Gasteiger partial charge is 0.152 e. The zero-order valence-corrected chi connectivity index (χ0v) is 7.55. The Kier molecular flexibility index (Phi) is 1.54. The Morgan fingerprint density at radius 3 is 3.08 bits per heavy atom. The molecule has 0 aliphatic carbocycles. The molecular formula is C7H5BrFN3. The molecule has 0 aliphatic heterocycles. The summed E-state index contributed by atoms with van der Waals surface area (Å²) in [6.45, 7) is 0. The van der Waals surface area contributed by atoms with Gasteiger partial charge >= 0.3 is 0 Å². The highest BCUT2D eigenvalue weighted by Gasteiger charge is 2.04. The van der Waals surface area contributed by atoms with Crippen LogP contribution in [0.3, 0.4) is 0 Å². The largest absolute Gasteiger partial charge is 0.383 e. The molecule has 0 radical (unpaired) electrons. The molecule has 0 fully saturated rings. The van der Waals surface area contributed by atoms with Crippen LogP contribution in [0.15, 0.2) is 22.9 Å². The zero-order valence-electron chi connectivity index (χ0n) is 5.96. The molecular weight excluding hydrogens is 225 g/mol. The third-order valence-electron chi connectivity index (χ3n) is 1.56. The van der Waals surface area contributed by atoms with Crippen LogP contribution in [0.25, 0.3) is 5.65 Å². The van der Waals surface area contributed by atoms with E-state index in [0.717, 1.165) is 0 Å². The third-order valence-corrected chi connectivity index (χ3v) is 2.14. The summed E-state index contributed by atoms with van der Waals surface area (Å²) in [7, 11) is 0. The number of rotatable bonds is 0. The highest BCUT2D eigenvalue weighted by molar-refractivity contribution is 9.10. The maximum atomic E-state index is 12.8. The first-order valence-electron chi connectivity index (χ1n) is 3.26. The van der Waals surface area contributed by atoms with Crippen molar-refractivity contribution in [2.24, 2.45) is 0 Å². The van der Waals surface area contributed by atoms with Crippen LogP contribution in [-0.2, 0) is 0 Å². The van der Waals surface area contributed by atoms with Crippen molar-refractivity contribution in [1.82, 2.24) is 9.38 Å². The molecule has 0 unspecified atom stereocenters. The molecule has 0 aliphatic rings. The molecule has 2 heterocycles. The maximum Gasteiger partial charge on any atom is 0.152 e. The molecule has 2 aromatic heterocycles. The van der Waals surface area contributed by atoms with Gasteiger partial charge in [0.1, 0.15) is 11.6 Å². The van der Waals surface area contributed by atoms with Gasteiger partial charge in [-0.15, -0.1) is 0 Å². The molecule has 2 rings (SSSR count). The Bertz CT molecular complexity index is 437. The summed E-state index contributed by atoms with van der Waals surface area (Å²) in [4.78, 5) is 3.98. The van der Waals surface area contributed by atoms with Crippen molar-refractivity contribution in [2.45, 2.75) is 0 Å². The molecule has 62 valence electrons. The van der Waals surface area contributed by atoms with E-state index in [1.165, 1.54) is 22.9 Å². The van der Waals surface area contributed by atoms with Crippen LogP contribution in [0.1, 0.15) is 0 Å². The minimum absolute atomic E-state index is 0.348. The fourth-order valence-corrected chi connectivity index (χ4v) is 1.54. The molecule has 0 saturated carbocycles. The number of imidazole rings is 1. The molecule has 0 aromatic carbocycles.